The molecule has 0 aliphatic carbocycles. The van der Waals surface area contributed by atoms with Gasteiger partial charge in [-0.05, 0) is 6.92 Å². The highest BCUT2D eigenvalue weighted by molar-refractivity contribution is 5.58. The number of hydrogen-bond donors (Lipinski definition) is 4. The second-order valence-corrected chi connectivity index (χ2v) is 3.94. The fourth-order valence-corrected chi connectivity index (χ4v) is 1.14. The Labute approximate surface area is 103 Å². The molecule has 0 unspecified atom stereocenters. The van der Waals surface area contributed by atoms with E-state index in [0.717, 1.165) is 6.20 Å². The molecule has 0 aliphatic heterocycles. The van der Waals surface area contributed by atoms with Gasteiger partial charge in [0.15, 0.2) is 0 Å². The van der Waals surface area contributed by atoms with Crippen LogP contribution in [0.4, 0.5) is 17.5 Å². The lowest BCUT2D eigenvalue weighted by Crippen LogP contribution is -2.43. The van der Waals surface area contributed by atoms with Gasteiger partial charge in [-0.3, -0.25) is 10.1 Å². The number of anilines is 2. The van der Waals surface area contributed by atoms with Crippen LogP contribution in [-0.2, 0) is 0 Å². The molecule has 9 nitrogen and oxygen atoms in total. The number of hydrogen-bond acceptors (Lipinski definition) is 8. The lowest BCUT2D eigenvalue weighted by atomic mass is 10.1. The molecule has 100 valence electrons. The van der Waals surface area contributed by atoms with Crippen LogP contribution in [0.2, 0.25) is 0 Å². The van der Waals surface area contributed by atoms with Crippen LogP contribution in [0, 0.1) is 10.1 Å². The van der Waals surface area contributed by atoms with Crippen molar-refractivity contribution in [3.63, 3.8) is 0 Å². The van der Waals surface area contributed by atoms with E-state index in [1.807, 2.05) is 0 Å². The number of rotatable bonds is 6. The van der Waals surface area contributed by atoms with E-state index in [4.69, 9.17) is 10.2 Å². The monoisotopic (exact) mass is 257 g/mol. The van der Waals surface area contributed by atoms with Gasteiger partial charge in [0.2, 0.25) is 11.8 Å². The number of nitrogens with zero attached hydrogens (tertiary/aromatic N) is 3. The van der Waals surface area contributed by atoms with Gasteiger partial charge in [0, 0.05) is 7.05 Å². The summed E-state index contributed by atoms with van der Waals surface area (Å²) < 4.78 is 0. The van der Waals surface area contributed by atoms with Crippen LogP contribution in [0.1, 0.15) is 6.92 Å². The van der Waals surface area contributed by atoms with Gasteiger partial charge >= 0.3 is 5.69 Å². The smallest absolute Gasteiger partial charge is 0.329 e. The van der Waals surface area contributed by atoms with Gasteiger partial charge in [-0.1, -0.05) is 0 Å². The standard InChI is InChI=1S/C9H15N5O4/c1-9(4-15,5-16)13-7-6(14(17)18)3-11-8(10-2)12-7/h3,15-16H,4-5H2,1-2H3,(H2,10,11,12,13). The van der Waals surface area contributed by atoms with E-state index in [9.17, 15) is 10.1 Å². The van der Waals surface area contributed by atoms with Crippen molar-refractivity contribution < 1.29 is 15.1 Å². The lowest BCUT2D eigenvalue weighted by molar-refractivity contribution is -0.384. The molecule has 1 heterocycles. The molecule has 0 aromatic carbocycles. The van der Waals surface area contributed by atoms with E-state index in [1.165, 1.54) is 6.92 Å². The van der Waals surface area contributed by atoms with Crippen molar-refractivity contribution >= 4 is 17.5 Å². The van der Waals surface area contributed by atoms with Gasteiger partial charge < -0.3 is 20.8 Å². The summed E-state index contributed by atoms with van der Waals surface area (Å²) in [6.45, 7) is 0.705. The van der Waals surface area contributed by atoms with E-state index in [-0.39, 0.29) is 17.5 Å². The van der Waals surface area contributed by atoms with E-state index in [0.29, 0.717) is 0 Å². The first-order chi connectivity index (χ1) is 8.45. The van der Waals surface area contributed by atoms with E-state index < -0.39 is 23.7 Å². The maximum absolute atomic E-state index is 10.8. The summed E-state index contributed by atoms with van der Waals surface area (Å²) in [6.07, 6.45) is 1.05. The van der Waals surface area contributed by atoms with Crippen molar-refractivity contribution in [1.29, 1.82) is 0 Å². The van der Waals surface area contributed by atoms with Crippen LogP contribution >= 0.6 is 0 Å². The fraction of sp³-hybridized carbons (Fsp3) is 0.556. The van der Waals surface area contributed by atoms with E-state index in [2.05, 4.69) is 20.6 Å². The third kappa shape index (κ3) is 3.02. The summed E-state index contributed by atoms with van der Waals surface area (Å²) in [5.41, 5.74) is -1.44. The van der Waals surface area contributed by atoms with Gasteiger partial charge in [-0.15, -0.1) is 0 Å². The summed E-state index contributed by atoms with van der Waals surface area (Å²) in [4.78, 5) is 17.8. The number of nitrogens with one attached hydrogen (secondary N) is 2. The number of aliphatic hydroxyl groups excluding tert-OH is 2. The normalized spacial score (nSPS) is 11.1. The Morgan fingerprint density at radius 2 is 2.11 bits per heavy atom. The molecule has 1 aromatic rings. The molecule has 0 amide bonds. The predicted octanol–water partition coefficient (Wildman–Crippen LogP) is -0.418. The Morgan fingerprint density at radius 3 is 2.56 bits per heavy atom. The molecule has 1 rings (SSSR count). The Balaban J connectivity index is 3.15. The van der Waals surface area contributed by atoms with Gasteiger partial charge in [0.1, 0.15) is 6.20 Å². The van der Waals surface area contributed by atoms with Crippen molar-refractivity contribution in [3.8, 4) is 0 Å². The highest BCUT2D eigenvalue weighted by atomic mass is 16.6. The van der Waals surface area contributed by atoms with Crippen molar-refractivity contribution in [2.45, 2.75) is 12.5 Å². The zero-order valence-corrected chi connectivity index (χ0v) is 10.0. The quantitative estimate of drug-likeness (QED) is 0.399. The zero-order chi connectivity index (χ0) is 13.8. The maximum atomic E-state index is 10.8. The highest BCUT2D eigenvalue weighted by Gasteiger charge is 2.27. The summed E-state index contributed by atoms with van der Waals surface area (Å²) in [6, 6.07) is 0. The summed E-state index contributed by atoms with van der Waals surface area (Å²) >= 11 is 0. The third-order valence-electron chi connectivity index (χ3n) is 2.31. The predicted molar refractivity (Wildman–Crippen MR) is 64.4 cm³/mol. The van der Waals surface area contributed by atoms with Crippen molar-refractivity contribution in [2.75, 3.05) is 30.9 Å². The second-order valence-electron chi connectivity index (χ2n) is 3.94. The van der Waals surface area contributed by atoms with E-state index >= 15 is 0 Å². The Bertz CT molecular complexity index is 435. The molecule has 0 atom stereocenters. The molecule has 9 heteroatoms. The molecule has 0 bridgehead atoms. The minimum Gasteiger partial charge on any atom is -0.394 e. The van der Waals surface area contributed by atoms with Crippen LogP contribution in [-0.4, -0.2) is 50.9 Å². The van der Waals surface area contributed by atoms with Crippen molar-refractivity contribution in [3.05, 3.63) is 16.3 Å². The van der Waals surface area contributed by atoms with Crippen molar-refractivity contribution in [1.82, 2.24) is 9.97 Å². The molecule has 0 spiro atoms. The Hall–Kier alpha value is -2.00. The molecule has 1 aromatic heterocycles. The zero-order valence-electron chi connectivity index (χ0n) is 10.0. The average molecular weight is 257 g/mol. The molecule has 0 saturated heterocycles. The number of nitro groups is 1. The molecule has 4 N–H and O–H groups in total. The van der Waals surface area contributed by atoms with Gasteiger partial charge in [-0.2, -0.15) is 4.98 Å². The summed E-state index contributed by atoms with van der Waals surface area (Å²) in [5, 5.41) is 34.4. The maximum Gasteiger partial charge on any atom is 0.329 e. The Morgan fingerprint density at radius 1 is 1.50 bits per heavy atom. The van der Waals surface area contributed by atoms with Crippen LogP contribution in [0.25, 0.3) is 0 Å². The van der Waals surface area contributed by atoms with Crippen LogP contribution in [0.3, 0.4) is 0 Å². The fourth-order valence-electron chi connectivity index (χ4n) is 1.14. The minimum absolute atomic E-state index is 0.0649. The first-order valence-electron chi connectivity index (χ1n) is 5.15. The highest BCUT2D eigenvalue weighted by Crippen LogP contribution is 2.24. The molecule has 0 aliphatic rings. The SMILES string of the molecule is CNc1ncc([N+](=O)[O-])c(NC(C)(CO)CO)n1. The molecule has 0 radical (unpaired) electrons. The summed E-state index contributed by atoms with van der Waals surface area (Å²) in [5.74, 6) is 0.131. The average Bonchev–Trinajstić information content (AvgIpc) is 2.38. The molecule has 18 heavy (non-hydrogen) atoms. The van der Waals surface area contributed by atoms with E-state index in [1.54, 1.807) is 7.05 Å². The molecular weight excluding hydrogens is 242 g/mol. The van der Waals surface area contributed by atoms with Crippen molar-refractivity contribution in [2.24, 2.45) is 0 Å². The molecular formula is C9H15N5O4. The van der Waals surface area contributed by atoms with Crippen LogP contribution < -0.4 is 10.6 Å². The van der Waals surface area contributed by atoms with Crippen LogP contribution in [0.5, 0.6) is 0 Å². The largest absolute Gasteiger partial charge is 0.394 e. The molecule has 0 fully saturated rings. The second kappa shape index (κ2) is 5.56. The van der Waals surface area contributed by atoms with Crippen LogP contribution in [0.15, 0.2) is 6.20 Å². The Kier molecular flexibility index (Phi) is 4.34. The first-order valence-corrected chi connectivity index (χ1v) is 5.15. The minimum atomic E-state index is -1.11. The lowest BCUT2D eigenvalue weighted by Gasteiger charge is -2.26. The van der Waals surface area contributed by atoms with Gasteiger partial charge in [0.05, 0.1) is 23.7 Å². The van der Waals surface area contributed by atoms with Gasteiger partial charge in [-0.25, -0.2) is 4.98 Å². The topological polar surface area (TPSA) is 133 Å². The summed E-state index contributed by atoms with van der Waals surface area (Å²) in [7, 11) is 1.57. The number of aromatic nitrogens is 2. The first kappa shape index (κ1) is 14.1. The third-order valence-corrected chi connectivity index (χ3v) is 2.31. The van der Waals surface area contributed by atoms with Gasteiger partial charge in [0.25, 0.3) is 0 Å². The number of aliphatic hydroxyl groups is 2. The molecule has 0 saturated carbocycles.